The van der Waals surface area contributed by atoms with Gasteiger partial charge in [0.25, 0.3) is 10.0 Å². The Bertz CT molecular complexity index is 894. The van der Waals surface area contributed by atoms with Crippen molar-refractivity contribution >= 4 is 43.2 Å². The maximum Gasteiger partial charge on any atom is 0.261 e. The van der Waals surface area contributed by atoms with Gasteiger partial charge in [-0.1, -0.05) is 6.07 Å². The van der Waals surface area contributed by atoms with Gasteiger partial charge >= 0.3 is 0 Å². The second kappa shape index (κ2) is 5.98. The number of sulfonamides is 1. The molecule has 7 heteroatoms. The maximum absolute atomic E-state index is 12.6. The molecule has 2 aromatic carbocycles. The first-order valence-electron chi connectivity index (χ1n) is 7.07. The zero-order chi connectivity index (χ0) is 16.6. The number of fused-ring (bicyclic) bond motifs is 1. The molecule has 0 bridgehead atoms. The van der Waals surface area contributed by atoms with Gasteiger partial charge in [0.1, 0.15) is 0 Å². The lowest BCUT2D eigenvalue weighted by molar-refractivity contribution is -0.116. The molecule has 0 spiro atoms. The van der Waals surface area contributed by atoms with Crippen molar-refractivity contribution < 1.29 is 13.2 Å². The topological polar surface area (TPSA) is 75.3 Å². The van der Waals surface area contributed by atoms with Crippen molar-refractivity contribution in [3.8, 4) is 0 Å². The lowest BCUT2D eigenvalue weighted by Crippen LogP contribution is -2.20. The van der Waals surface area contributed by atoms with Crippen molar-refractivity contribution in [3.63, 3.8) is 0 Å². The fraction of sp³-hybridized carbons (Fsp3) is 0.188. The van der Waals surface area contributed by atoms with Gasteiger partial charge in [-0.05, 0) is 70.7 Å². The van der Waals surface area contributed by atoms with E-state index >= 15 is 0 Å². The van der Waals surface area contributed by atoms with Crippen LogP contribution in [0, 0.1) is 6.92 Å². The zero-order valence-corrected chi connectivity index (χ0v) is 14.8. The highest BCUT2D eigenvalue weighted by Crippen LogP contribution is 2.29. The van der Waals surface area contributed by atoms with E-state index in [-0.39, 0.29) is 10.8 Å². The molecule has 23 heavy (non-hydrogen) atoms. The van der Waals surface area contributed by atoms with E-state index in [0.29, 0.717) is 28.7 Å². The highest BCUT2D eigenvalue weighted by Gasteiger charge is 2.20. The third-order valence-corrected chi connectivity index (χ3v) is 5.67. The number of hydrogen-bond donors (Lipinski definition) is 2. The molecule has 120 valence electrons. The molecule has 0 saturated heterocycles. The van der Waals surface area contributed by atoms with Gasteiger partial charge < -0.3 is 5.32 Å². The fourth-order valence-corrected chi connectivity index (χ4v) is 4.29. The number of amides is 1. The molecule has 0 saturated carbocycles. The van der Waals surface area contributed by atoms with Crippen LogP contribution in [0.2, 0.25) is 0 Å². The molecule has 1 amide bonds. The second-order valence-corrected chi connectivity index (χ2v) is 7.99. The number of halogens is 1. The SMILES string of the molecule is Cc1ccc(NS(=O)(=O)c2ccc3c(c2)CCC(=O)N3)c(Br)c1. The second-order valence-electron chi connectivity index (χ2n) is 5.46. The summed E-state index contributed by atoms with van der Waals surface area (Å²) in [5.74, 6) is -0.0465. The minimum atomic E-state index is -3.69. The number of anilines is 2. The Kier molecular flexibility index (Phi) is 4.16. The summed E-state index contributed by atoms with van der Waals surface area (Å²) in [6.07, 6.45) is 0.909. The average molecular weight is 395 g/mol. The van der Waals surface area contributed by atoms with E-state index in [1.807, 2.05) is 19.1 Å². The molecule has 0 aliphatic carbocycles. The van der Waals surface area contributed by atoms with Crippen molar-refractivity contribution in [2.45, 2.75) is 24.7 Å². The summed E-state index contributed by atoms with van der Waals surface area (Å²) in [7, 11) is -3.69. The number of aryl methyl sites for hydroxylation is 2. The van der Waals surface area contributed by atoms with Gasteiger partial charge in [-0.2, -0.15) is 0 Å². The van der Waals surface area contributed by atoms with E-state index in [1.54, 1.807) is 18.2 Å². The molecule has 5 nitrogen and oxygen atoms in total. The van der Waals surface area contributed by atoms with Crippen LogP contribution in [0.5, 0.6) is 0 Å². The van der Waals surface area contributed by atoms with Crippen LogP contribution in [0.15, 0.2) is 45.8 Å². The molecule has 2 N–H and O–H groups in total. The van der Waals surface area contributed by atoms with Crippen molar-refractivity contribution in [1.29, 1.82) is 0 Å². The monoisotopic (exact) mass is 394 g/mol. The summed E-state index contributed by atoms with van der Waals surface area (Å²) in [4.78, 5) is 11.5. The molecular weight excluding hydrogens is 380 g/mol. The molecule has 0 aromatic heterocycles. The molecule has 3 rings (SSSR count). The highest BCUT2D eigenvalue weighted by atomic mass is 79.9. The first-order valence-corrected chi connectivity index (χ1v) is 9.34. The maximum atomic E-state index is 12.6. The Labute approximate surface area is 143 Å². The van der Waals surface area contributed by atoms with Crippen LogP contribution in [0.1, 0.15) is 17.5 Å². The summed E-state index contributed by atoms with van der Waals surface area (Å²) >= 11 is 3.36. The van der Waals surface area contributed by atoms with Gasteiger partial charge in [0.05, 0.1) is 10.6 Å². The van der Waals surface area contributed by atoms with Crippen LogP contribution in [-0.2, 0) is 21.2 Å². The molecule has 0 atom stereocenters. The van der Waals surface area contributed by atoms with Crippen LogP contribution in [0.3, 0.4) is 0 Å². The minimum absolute atomic E-state index is 0.0465. The summed E-state index contributed by atoms with van der Waals surface area (Å²) in [6.45, 7) is 1.93. The average Bonchev–Trinajstić information content (AvgIpc) is 2.49. The summed E-state index contributed by atoms with van der Waals surface area (Å²) < 4.78 is 28.4. The van der Waals surface area contributed by atoms with Crippen molar-refractivity contribution in [2.24, 2.45) is 0 Å². The van der Waals surface area contributed by atoms with Gasteiger partial charge in [0.2, 0.25) is 5.91 Å². The Morgan fingerprint density at radius 2 is 1.91 bits per heavy atom. The molecule has 1 heterocycles. The van der Waals surface area contributed by atoms with Gasteiger partial charge in [-0.3, -0.25) is 9.52 Å². The molecule has 2 aromatic rings. The number of nitrogens with one attached hydrogen (secondary N) is 2. The molecule has 0 radical (unpaired) electrons. The predicted molar refractivity (Wildman–Crippen MR) is 93.1 cm³/mol. The first-order chi connectivity index (χ1) is 10.8. The van der Waals surface area contributed by atoms with Crippen LogP contribution in [-0.4, -0.2) is 14.3 Å². The minimum Gasteiger partial charge on any atom is -0.326 e. The van der Waals surface area contributed by atoms with Gasteiger partial charge in [0.15, 0.2) is 0 Å². The van der Waals surface area contributed by atoms with Crippen LogP contribution < -0.4 is 10.0 Å². The normalized spacial score (nSPS) is 14.1. The van der Waals surface area contributed by atoms with E-state index in [9.17, 15) is 13.2 Å². The Morgan fingerprint density at radius 3 is 2.65 bits per heavy atom. The summed E-state index contributed by atoms with van der Waals surface area (Å²) in [6, 6.07) is 10.1. The van der Waals surface area contributed by atoms with E-state index in [0.717, 1.165) is 11.1 Å². The number of carbonyl (C=O) groups excluding carboxylic acids is 1. The highest BCUT2D eigenvalue weighted by molar-refractivity contribution is 9.10. The number of hydrogen-bond acceptors (Lipinski definition) is 3. The Morgan fingerprint density at radius 1 is 1.13 bits per heavy atom. The van der Waals surface area contributed by atoms with Crippen LogP contribution in [0.4, 0.5) is 11.4 Å². The van der Waals surface area contributed by atoms with Crippen molar-refractivity contribution in [3.05, 3.63) is 52.0 Å². The van der Waals surface area contributed by atoms with E-state index < -0.39 is 10.0 Å². The summed E-state index contributed by atoms with van der Waals surface area (Å²) in [5, 5.41) is 2.74. The molecule has 1 aliphatic rings. The number of rotatable bonds is 3. The van der Waals surface area contributed by atoms with Crippen molar-refractivity contribution in [2.75, 3.05) is 10.0 Å². The number of carbonyl (C=O) groups is 1. The quantitative estimate of drug-likeness (QED) is 0.836. The largest absolute Gasteiger partial charge is 0.326 e. The molecular formula is C16H15BrN2O3S. The standard InChI is InChI=1S/C16H15BrN2O3S/c1-10-2-5-15(13(17)8-10)19-23(21,22)12-4-6-14-11(9-12)3-7-16(20)18-14/h2,4-6,8-9,19H,3,7H2,1H3,(H,18,20). The lowest BCUT2D eigenvalue weighted by Gasteiger charge is -2.18. The van der Waals surface area contributed by atoms with Gasteiger partial charge in [-0.25, -0.2) is 8.42 Å². The smallest absolute Gasteiger partial charge is 0.261 e. The molecule has 0 unspecified atom stereocenters. The van der Waals surface area contributed by atoms with E-state index in [4.69, 9.17) is 0 Å². The van der Waals surface area contributed by atoms with Crippen LogP contribution in [0.25, 0.3) is 0 Å². The molecule has 1 aliphatic heterocycles. The number of benzene rings is 2. The van der Waals surface area contributed by atoms with Crippen molar-refractivity contribution in [1.82, 2.24) is 0 Å². The summed E-state index contributed by atoms with van der Waals surface area (Å²) in [5.41, 5.74) is 3.03. The van der Waals surface area contributed by atoms with E-state index in [1.165, 1.54) is 6.07 Å². The van der Waals surface area contributed by atoms with E-state index in [2.05, 4.69) is 26.0 Å². The Hall–Kier alpha value is -1.86. The third kappa shape index (κ3) is 3.40. The fourth-order valence-electron chi connectivity index (χ4n) is 2.43. The third-order valence-electron chi connectivity index (χ3n) is 3.65. The first kappa shape index (κ1) is 16.0. The Balaban J connectivity index is 1.92. The zero-order valence-electron chi connectivity index (χ0n) is 12.4. The lowest BCUT2D eigenvalue weighted by atomic mass is 10.0. The molecule has 0 fully saturated rings. The predicted octanol–water partition coefficient (Wildman–Crippen LogP) is 3.44. The van der Waals surface area contributed by atoms with Crippen LogP contribution >= 0.6 is 15.9 Å². The van der Waals surface area contributed by atoms with Gasteiger partial charge in [-0.15, -0.1) is 0 Å². The van der Waals surface area contributed by atoms with Gasteiger partial charge in [0, 0.05) is 16.6 Å².